The summed E-state index contributed by atoms with van der Waals surface area (Å²) in [6.45, 7) is 0. The molecule has 3 rings (SSSR count). The van der Waals surface area contributed by atoms with E-state index < -0.39 is 0 Å². The Balaban J connectivity index is 1.95. The van der Waals surface area contributed by atoms with Crippen LogP contribution in [-0.2, 0) is 0 Å². The van der Waals surface area contributed by atoms with Crippen LogP contribution >= 0.6 is 0 Å². The maximum absolute atomic E-state index is 6.07. The van der Waals surface area contributed by atoms with Crippen molar-refractivity contribution in [2.45, 2.75) is 31.2 Å². The highest BCUT2D eigenvalue weighted by Crippen LogP contribution is 2.37. The Kier molecular flexibility index (Phi) is 3.72. The van der Waals surface area contributed by atoms with Crippen molar-refractivity contribution in [3.05, 3.63) is 65.2 Å². The quantitative estimate of drug-likeness (QED) is 0.453. The number of benzene rings is 2. The lowest BCUT2D eigenvalue weighted by Crippen LogP contribution is -2.29. The van der Waals surface area contributed by atoms with Crippen molar-refractivity contribution in [3.63, 3.8) is 0 Å². The van der Waals surface area contributed by atoms with E-state index in [2.05, 4.69) is 29.7 Å². The molecule has 0 bridgehead atoms. The van der Waals surface area contributed by atoms with Crippen LogP contribution in [0.5, 0.6) is 0 Å². The van der Waals surface area contributed by atoms with E-state index in [1.165, 1.54) is 30.4 Å². The first-order valence-corrected chi connectivity index (χ1v) is 7.20. The molecule has 0 heterocycles. The molecular formula is C17H21N3. The molecule has 1 aliphatic carbocycles. The van der Waals surface area contributed by atoms with Crippen LogP contribution in [0.15, 0.2) is 48.5 Å². The van der Waals surface area contributed by atoms with Gasteiger partial charge in [-0.15, -0.1) is 0 Å². The highest BCUT2D eigenvalue weighted by Gasteiger charge is 2.21. The summed E-state index contributed by atoms with van der Waals surface area (Å²) in [5.41, 5.74) is 13.4. The van der Waals surface area contributed by atoms with Gasteiger partial charge in [0.15, 0.2) is 0 Å². The van der Waals surface area contributed by atoms with Gasteiger partial charge in [0.25, 0.3) is 0 Å². The second-order valence-electron chi connectivity index (χ2n) is 5.53. The number of anilines is 1. The zero-order valence-electron chi connectivity index (χ0n) is 11.5. The van der Waals surface area contributed by atoms with Crippen LogP contribution in [0.1, 0.15) is 47.9 Å². The number of rotatable bonds is 4. The maximum atomic E-state index is 6.07. The first-order valence-electron chi connectivity index (χ1n) is 7.20. The molecule has 1 fully saturated rings. The van der Waals surface area contributed by atoms with Crippen molar-refractivity contribution >= 4 is 5.69 Å². The minimum absolute atomic E-state index is 0.0590. The van der Waals surface area contributed by atoms with E-state index in [4.69, 9.17) is 11.6 Å². The molecule has 20 heavy (non-hydrogen) atoms. The number of hydrazine groups is 1. The lowest BCUT2D eigenvalue weighted by atomic mass is 9.79. The summed E-state index contributed by atoms with van der Waals surface area (Å²) in [5.74, 6) is 6.50. The summed E-state index contributed by atoms with van der Waals surface area (Å²) in [6.07, 6.45) is 3.95. The average Bonchev–Trinajstić information content (AvgIpc) is 2.40. The van der Waals surface area contributed by atoms with Gasteiger partial charge in [0.05, 0.1) is 6.04 Å². The number of nitrogen functional groups attached to an aromatic ring is 1. The smallest absolute Gasteiger partial charge is 0.0730 e. The van der Waals surface area contributed by atoms with E-state index in [0.717, 1.165) is 17.2 Å². The summed E-state index contributed by atoms with van der Waals surface area (Å²) >= 11 is 0. The van der Waals surface area contributed by atoms with Crippen molar-refractivity contribution in [3.8, 4) is 0 Å². The topological polar surface area (TPSA) is 64.1 Å². The Bertz CT molecular complexity index is 590. The van der Waals surface area contributed by atoms with Crippen LogP contribution in [0.2, 0.25) is 0 Å². The fraction of sp³-hybridized carbons (Fsp3) is 0.294. The van der Waals surface area contributed by atoms with Crippen molar-refractivity contribution in [2.24, 2.45) is 5.84 Å². The van der Waals surface area contributed by atoms with Crippen LogP contribution < -0.4 is 17.0 Å². The Morgan fingerprint density at radius 2 is 1.85 bits per heavy atom. The van der Waals surface area contributed by atoms with E-state index in [9.17, 15) is 0 Å². The molecule has 2 aromatic rings. The zero-order valence-corrected chi connectivity index (χ0v) is 11.5. The Morgan fingerprint density at radius 1 is 1.05 bits per heavy atom. The Morgan fingerprint density at radius 3 is 2.50 bits per heavy atom. The van der Waals surface area contributed by atoms with Gasteiger partial charge in [0.1, 0.15) is 0 Å². The predicted octanol–water partition coefficient (Wildman–Crippen LogP) is 3.09. The molecule has 0 aromatic heterocycles. The standard InChI is InChI=1S/C17H21N3/c18-16-10-2-1-9-15(16)17(20-19)14-8-4-7-13(11-14)12-5-3-6-12/h1-2,4,7-12,17,20H,3,5-6,18-19H2. The molecular weight excluding hydrogens is 246 g/mol. The SMILES string of the molecule is NNC(c1cccc(C2CCC2)c1)c1ccccc1N. The molecule has 1 atom stereocenters. The van der Waals surface area contributed by atoms with Crippen LogP contribution in [0.4, 0.5) is 5.69 Å². The van der Waals surface area contributed by atoms with E-state index in [-0.39, 0.29) is 6.04 Å². The van der Waals surface area contributed by atoms with Gasteiger partial charge in [-0.05, 0) is 41.5 Å². The zero-order chi connectivity index (χ0) is 13.9. The number of nitrogens with one attached hydrogen (secondary N) is 1. The highest BCUT2D eigenvalue weighted by atomic mass is 15.2. The first-order chi connectivity index (χ1) is 9.79. The van der Waals surface area contributed by atoms with E-state index in [1.54, 1.807) is 0 Å². The highest BCUT2D eigenvalue weighted by molar-refractivity contribution is 5.51. The maximum Gasteiger partial charge on any atom is 0.0730 e. The van der Waals surface area contributed by atoms with Gasteiger partial charge >= 0.3 is 0 Å². The predicted molar refractivity (Wildman–Crippen MR) is 83.1 cm³/mol. The lowest BCUT2D eigenvalue weighted by molar-refractivity contribution is 0.419. The summed E-state index contributed by atoms with van der Waals surface area (Å²) in [5, 5.41) is 0. The molecule has 3 nitrogen and oxygen atoms in total. The van der Waals surface area contributed by atoms with E-state index in [1.807, 2.05) is 24.3 Å². The van der Waals surface area contributed by atoms with Crippen molar-refractivity contribution in [1.82, 2.24) is 5.43 Å². The molecule has 3 heteroatoms. The third-order valence-electron chi connectivity index (χ3n) is 4.29. The summed E-state index contributed by atoms with van der Waals surface area (Å²) in [4.78, 5) is 0. The molecule has 1 unspecified atom stereocenters. The molecule has 0 spiro atoms. The summed E-state index contributed by atoms with van der Waals surface area (Å²) < 4.78 is 0. The van der Waals surface area contributed by atoms with E-state index in [0.29, 0.717) is 0 Å². The number of para-hydroxylation sites is 1. The monoisotopic (exact) mass is 267 g/mol. The van der Waals surface area contributed by atoms with Gasteiger partial charge in [-0.1, -0.05) is 48.9 Å². The molecule has 0 radical (unpaired) electrons. The third-order valence-corrected chi connectivity index (χ3v) is 4.29. The van der Waals surface area contributed by atoms with Gasteiger partial charge < -0.3 is 5.73 Å². The Hall–Kier alpha value is -1.84. The fourth-order valence-electron chi connectivity index (χ4n) is 2.87. The van der Waals surface area contributed by atoms with Crippen molar-refractivity contribution < 1.29 is 0 Å². The number of nitrogens with two attached hydrogens (primary N) is 2. The average molecular weight is 267 g/mol. The molecule has 0 saturated heterocycles. The third kappa shape index (κ3) is 2.42. The largest absolute Gasteiger partial charge is 0.398 e. The molecule has 104 valence electrons. The minimum Gasteiger partial charge on any atom is -0.398 e. The van der Waals surface area contributed by atoms with Crippen LogP contribution in [0, 0.1) is 0 Å². The van der Waals surface area contributed by atoms with Gasteiger partial charge in [-0.3, -0.25) is 5.84 Å². The lowest BCUT2D eigenvalue weighted by Gasteiger charge is -2.27. The number of hydrogen-bond donors (Lipinski definition) is 3. The van der Waals surface area contributed by atoms with Crippen molar-refractivity contribution in [1.29, 1.82) is 0 Å². The number of hydrogen-bond acceptors (Lipinski definition) is 3. The normalized spacial score (nSPS) is 16.6. The summed E-state index contributed by atoms with van der Waals surface area (Å²) in [7, 11) is 0. The van der Waals surface area contributed by atoms with Gasteiger partial charge in [-0.25, -0.2) is 5.43 Å². The molecule has 0 amide bonds. The minimum atomic E-state index is -0.0590. The van der Waals surface area contributed by atoms with Crippen molar-refractivity contribution in [2.75, 3.05) is 5.73 Å². The van der Waals surface area contributed by atoms with Crippen LogP contribution in [-0.4, -0.2) is 0 Å². The van der Waals surface area contributed by atoms with E-state index >= 15 is 0 Å². The fourth-order valence-corrected chi connectivity index (χ4v) is 2.87. The second-order valence-corrected chi connectivity index (χ2v) is 5.53. The molecule has 2 aromatic carbocycles. The summed E-state index contributed by atoms with van der Waals surface area (Å²) in [6, 6.07) is 16.5. The Labute approximate surface area is 120 Å². The molecule has 1 aliphatic rings. The first kappa shape index (κ1) is 13.2. The van der Waals surface area contributed by atoms with Crippen LogP contribution in [0.3, 0.4) is 0 Å². The van der Waals surface area contributed by atoms with Gasteiger partial charge in [0, 0.05) is 5.69 Å². The second kappa shape index (κ2) is 5.65. The van der Waals surface area contributed by atoms with Gasteiger partial charge in [0.2, 0.25) is 0 Å². The molecule has 1 saturated carbocycles. The molecule has 0 aliphatic heterocycles. The molecule has 5 N–H and O–H groups in total. The van der Waals surface area contributed by atoms with Crippen LogP contribution in [0.25, 0.3) is 0 Å². The van der Waals surface area contributed by atoms with Gasteiger partial charge in [-0.2, -0.15) is 0 Å².